The highest BCUT2D eigenvalue weighted by atomic mass is 19.4. The number of anilines is 2. The Hall–Kier alpha value is -3.09. The van der Waals surface area contributed by atoms with Gasteiger partial charge in [-0.3, -0.25) is 10.2 Å². The van der Waals surface area contributed by atoms with E-state index in [9.17, 15) is 13.2 Å². The second-order valence-electron chi connectivity index (χ2n) is 5.71. The maximum atomic E-state index is 12.6. The zero-order valence-corrected chi connectivity index (χ0v) is 13.2. The normalized spacial score (nSPS) is 12.0. The van der Waals surface area contributed by atoms with Crippen LogP contribution in [0.3, 0.4) is 0 Å². The fraction of sp³-hybridized carbons (Fsp3) is 0.111. The molecule has 2 aromatic carbocycles. The predicted octanol–water partition coefficient (Wildman–Crippen LogP) is 5.37. The number of ether oxygens (including phenoxy) is 1. The maximum Gasteiger partial charge on any atom is 0.416 e. The minimum Gasteiger partial charge on any atom is -0.497 e. The van der Waals surface area contributed by atoms with Crippen LogP contribution >= 0.6 is 0 Å². The molecule has 0 aromatic heterocycles. The Labute approximate surface area is 140 Å². The number of aromatic nitrogens is 2. The fourth-order valence-corrected chi connectivity index (χ4v) is 2.89. The number of hydrogen-bond acceptors (Lipinski definition) is 2. The average Bonchev–Trinajstić information content (AvgIpc) is 3.14. The molecule has 0 atom stereocenters. The molecule has 4 nitrogen and oxygen atoms in total. The molecule has 0 unspecified atom stereocenters. The Morgan fingerprint density at radius 1 is 0.960 bits per heavy atom. The Balaban J connectivity index is 1.66. The van der Waals surface area contributed by atoms with E-state index in [1.165, 1.54) is 12.1 Å². The van der Waals surface area contributed by atoms with Gasteiger partial charge in [-0.15, -0.1) is 0 Å². The molecular weight excluding hydrogens is 331 g/mol. The van der Waals surface area contributed by atoms with E-state index < -0.39 is 11.7 Å². The molecule has 0 saturated heterocycles. The van der Waals surface area contributed by atoms with Crippen molar-refractivity contribution in [3.8, 4) is 17.0 Å². The molecule has 0 amide bonds. The molecule has 2 aliphatic rings. The summed E-state index contributed by atoms with van der Waals surface area (Å²) in [5.74, 6) is 1.44. The molecule has 1 heterocycles. The number of H-pyrrole nitrogens is 2. The van der Waals surface area contributed by atoms with E-state index in [1.807, 2.05) is 24.3 Å². The molecule has 0 fully saturated rings. The first-order valence-electron chi connectivity index (χ1n) is 7.57. The van der Waals surface area contributed by atoms with Crippen LogP contribution in [0.4, 0.5) is 24.7 Å². The van der Waals surface area contributed by atoms with Crippen molar-refractivity contribution in [3.63, 3.8) is 0 Å². The van der Waals surface area contributed by atoms with Crippen molar-refractivity contribution in [1.29, 1.82) is 0 Å². The van der Waals surface area contributed by atoms with Gasteiger partial charge in [0.1, 0.15) is 11.6 Å². The molecule has 3 N–H and O–H groups in total. The summed E-state index contributed by atoms with van der Waals surface area (Å²) in [4.78, 5) is 0. The highest BCUT2D eigenvalue weighted by molar-refractivity contribution is 6.04. The van der Waals surface area contributed by atoms with Crippen LogP contribution in [0.15, 0.2) is 48.5 Å². The summed E-state index contributed by atoms with van der Waals surface area (Å²) in [6.07, 6.45) is -4.34. The highest BCUT2D eigenvalue weighted by Gasteiger charge is 2.30. The Morgan fingerprint density at radius 3 is 2.40 bits per heavy atom. The molecule has 7 heteroatoms. The number of methoxy groups -OCH3 is 1. The molecule has 0 spiro atoms. The lowest BCUT2D eigenvalue weighted by molar-refractivity contribution is -0.137. The van der Waals surface area contributed by atoms with Crippen molar-refractivity contribution < 1.29 is 17.9 Å². The molecule has 128 valence electrons. The van der Waals surface area contributed by atoms with Crippen LogP contribution < -0.4 is 10.1 Å². The van der Waals surface area contributed by atoms with Gasteiger partial charge in [-0.2, -0.15) is 13.2 Å². The van der Waals surface area contributed by atoms with Gasteiger partial charge in [0.2, 0.25) is 0 Å². The first-order chi connectivity index (χ1) is 12.0. The number of fused-ring (bicyclic) bond motifs is 3. The second-order valence-corrected chi connectivity index (χ2v) is 5.71. The first kappa shape index (κ1) is 15.4. The van der Waals surface area contributed by atoms with E-state index in [1.54, 1.807) is 7.11 Å². The summed E-state index contributed by atoms with van der Waals surface area (Å²) >= 11 is 0. The van der Waals surface area contributed by atoms with Gasteiger partial charge >= 0.3 is 6.18 Å². The van der Waals surface area contributed by atoms with Crippen molar-refractivity contribution in [2.75, 3.05) is 12.4 Å². The molecule has 2 aromatic rings. The molecule has 1 aliphatic carbocycles. The van der Waals surface area contributed by atoms with Crippen LogP contribution in [0, 0.1) is 0 Å². The van der Waals surface area contributed by atoms with E-state index in [0.29, 0.717) is 11.5 Å². The van der Waals surface area contributed by atoms with E-state index in [4.69, 9.17) is 4.74 Å². The SMILES string of the molecule is COc1ccc2cc3c(Nc4ccc(C(F)(F)F)cc4)[nH][nH]c-3c2c1. The lowest BCUT2D eigenvalue weighted by Crippen LogP contribution is -2.04. The molecule has 0 radical (unpaired) electrons. The first-order valence-corrected chi connectivity index (χ1v) is 7.57. The molecule has 1 aliphatic heterocycles. The number of alkyl halides is 3. The Morgan fingerprint density at radius 2 is 1.72 bits per heavy atom. The van der Waals surface area contributed by atoms with Crippen molar-refractivity contribution in [2.45, 2.75) is 6.18 Å². The van der Waals surface area contributed by atoms with Crippen molar-refractivity contribution in [1.82, 2.24) is 10.2 Å². The topological polar surface area (TPSA) is 52.8 Å². The van der Waals surface area contributed by atoms with E-state index in [2.05, 4.69) is 15.5 Å². The quantitative estimate of drug-likeness (QED) is 0.467. The number of aromatic amines is 2. The van der Waals surface area contributed by atoms with Gasteiger partial charge in [0.25, 0.3) is 0 Å². The van der Waals surface area contributed by atoms with Crippen molar-refractivity contribution in [2.24, 2.45) is 0 Å². The van der Waals surface area contributed by atoms with Gasteiger partial charge in [0, 0.05) is 16.6 Å². The monoisotopic (exact) mass is 345 g/mol. The van der Waals surface area contributed by atoms with Crippen LogP contribution in [-0.2, 0) is 6.18 Å². The van der Waals surface area contributed by atoms with Crippen LogP contribution in [0.1, 0.15) is 5.56 Å². The average molecular weight is 345 g/mol. The third kappa shape index (κ3) is 2.67. The summed E-state index contributed by atoms with van der Waals surface area (Å²) in [6.45, 7) is 0. The molecule has 25 heavy (non-hydrogen) atoms. The van der Waals surface area contributed by atoms with Gasteiger partial charge in [-0.05, 0) is 47.9 Å². The van der Waals surface area contributed by atoms with Gasteiger partial charge in [-0.25, -0.2) is 0 Å². The Bertz CT molecular complexity index is 999. The van der Waals surface area contributed by atoms with E-state index in [0.717, 1.165) is 39.9 Å². The predicted molar refractivity (Wildman–Crippen MR) is 90.6 cm³/mol. The van der Waals surface area contributed by atoms with E-state index >= 15 is 0 Å². The Kier molecular flexibility index (Phi) is 3.38. The molecule has 0 saturated carbocycles. The van der Waals surface area contributed by atoms with Gasteiger partial charge < -0.3 is 10.1 Å². The van der Waals surface area contributed by atoms with E-state index in [-0.39, 0.29) is 0 Å². The van der Waals surface area contributed by atoms with Gasteiger partial charge in [0.15, 0.2) is 0 Å². The minimum atomic E-state index is -4.34. The third-order valence-corrected chi connectivity index (χ3v) is 4.16. The number of halogens is 3. The smallest absolute Gasteiger partial charge is 0.416 e. The summed E-state index contributed by atoms with van der Waals surface area (Å²) in [5, 5.41) is 11.3. The number of benzene rings is 2. The standard InChI is InChI=1S/C18H14F3N3O/c1-25-13-7-2-10-8-15-16(14(10)9-13)23-24-17(15)22-12-5-3-11(4-6-12)18(19,20)21/h2-9,22-24H,1H3. The maximum absolute atomic E-state index is 12.6. The van der Waals surface area contributed by atoms with Crippen LogP contribution in [-0.4, -0.2) is 17.3 Å². The molecular formula is C18H14F3N3O. The summed E-state index contributed by atoms with van der Waals surface area (Å²) in [7, 11) is 1.61. The molecule has 4 rings (SSSR count). The largest absolute Gasteiger partial charge is 0.497 e. The number of hydrogen-bond donors (Lipinski definition) is 3. The lowest BCUT2D eigenvalue weighted by Gasteiger charge is -2.08. The van der Waals surface area contributed by atoms with Crippen LogP contribution in [0.25, 0.3) is 22.0 Å². The molecule has 0 bridgehead atoms. The van der Waals surface area contributed by atoms with Gasteiger partial charge in [-0.1, -0.05) is 6.07 Å². The van der Waals surface area contributed by atoms with Crippen molar-refractivity contribution in [3.05, 3.63) is 54.1 Å². The summed E-state index contributed by atoms with van der Waals surface area (Å²) in [5.41, 5.74) is 1.71. The number of nitrogens with one attached hydrogen (secondary N) is 3. The van der Waals surface area contributed by atoms with Crippen LogP contribution in [0.2, 0.25) is 0 Å². The summed E-state index contributed by atoms with van der Waals surface area (Å²) < 4.78 is 43.2. The number of rotatable bonds is 3. The van der Waals surface area contributed by atoms with Crippen molar-refractivity contribution >= 4 is 22.3 Å². The third-order valence-electron chi connectivity index (χ3n) is 4.16. The van der Waals surface area contributed by atoms with Gasteiger partial charge in [0.05, 0.1) is 18.4 Å². The van der Waals surface area contributed by atoms with Crippen LogP contribution in [0.5, 0.6) is 5.75 Å². The second kappa shape index (κ2) is 5.47. The minimum absolute atomic E-state index is 0.563. The lowest BCUT2D eigenvalue weighted by atomic mass is 10.2. The summed E-state index contributed by atoms with van der Waals surface area (Å²) in [6, 6.07) is 12.7. The zero-order chi connectivity index (χ0) is 17.6. The zero-order valence-electron chi connectivity index (χ0n) is 13.2. The highest BCUT2D eigenvalue weighted by Crippen LogP contribution is 2.39. The fourth-order valence-electron chi connectivity index (χ4n) is 2.89.